The van der Waals surface area contributed by atoms with E-state index in [9.17, 15) is 18.0 Å². The Kier molecular flexibility index (Phi) is 4.32. The summed E-state index contributed by atoms with van der Waals surface area (Å²) in [6.45, 7) is 2.67. The van der Waals surface area contributed by atoms with Crippen LogP contribution in [0.1, 0.15) is 23.7 Å². The van der Waals surface area contributed by atoms with E-state index in [0.717, 1.165) is 6.26 Å². The monoisotopic (exact) mass is 310 g/mol. The number of carbonyl (C=O) groups is 2. The molecule has 1 aliphatic heterocycles. The number of hydrogen-bond acceptors (Lipinski definition) is 4. The molecule has 21 heavy (non-hydrogen) atoms. The Morgan fingerprint density at radius 3 is 2.76 bits per heavy atom. The molecule has 1 N–H and O–H groups in total. The van der Waals surface area contributed by atoms with Crippen molar-refractivity contribution in [3.63, 3.8) is 0 Å². The van der Waals surface area contributed by atoms with Crippen molar-refractivity contribution >= 4 is 21.7 Å². The van der Waals surface area contributed by atoms with Gasteiger partial charge in [-0.05, 0) is 24.6 Å². The van der Waals surface area contributed by atoms with Crippen LogP contribution in [0.15, 0.2) is 29.2 Å². The molecule has 114 valence electrons. The topological polar surface area (TPSA) is 83.6 Å². The molecule has 1 aromatic rings. The second kappa shape index (κ2) is 5.85. The molecule has 1 aromatic carbocycles. The van der Waals surface area contributed by atoms with Crippen molar-refractivity contribution in [3.05, 3.63) is 29.8 Å². The standard InChI is InChI=1S/C14H18N2O4S/c1-3-12-13(17)15-7-8-16(12)14(18)10-5-4-6-11(9-10)21(2,19)20/h4-6,9,12H,3,7-8H2,1-2H3,(H,15,17). The first kappa shape index (κ1) is 15.5. The van der Waals surface area contributed by atoms with Crippen LogP contribution in [0.5, 0.6) is 0 Å². The molecule has 0 radical (unpaired) electrons. The number of carbonyl (C=O) groups excluding carboxylic acids is 2. The Morgan fingerprint density at radius 1 is 1.43 bits per heavy atom. The first-order valence-corrected chi connectivity index (χ1v) is 8.62. The Morgan fingerprint density at radius 2 is 2.14 bits per heavy atom. The molecule has 1 heterocycles. The van der Waals surface area contributed by atoms with Gasteiger partial charge in [-0.1, -0.05) is 13.0 Å². The number of piperazine rings is 1. The normalized spacial score (nSPS) is 19.2. The summed E-state index contributed by atoms with van der Waals surface area (Å²) in [6, 6.07) is 5.40. The number of hydrogen-bond donors (Lipinski definition) is 1. The predicted octanol–water partition coefficient (Wildman–Crippen LogP) is 0.441. The molecule has 0 aromatic heterocycles. The molecule has 6 nitrogen and oxygen atoms in total. The Balaban J connectivity index is 2.33. The van der Waals surface area contributed by atoms with Gasteiger partial charge in [0.1, 0.15) is 6.04 Å². The predicted molar refractivity (Wildman–Crippen MR) is 77.7 cm³/mol. The number of amides is 2. The minimum Gasteiger partial charge on any atom is -0.353 e. The van der Waals surface area contributed by atoms with Crippen LogP contribution in [0.25, 0.3) is 0 Å². The van der Waals surface area contributed by atoms with E-state index < -0.39 is 15.9 Å². The molecule has 0 spiro atoms. The Labute approximate surface area is 124 Å². The zero-order valence-corrected chi connectivity index (χ0v) is 12.8. The third kappa shape index (κ3) is 3.24. The van der Waals surface area contributed by atoms with E-state index in [1.807, 2.05) is 6.92 Å². The fourth-order valence-electron chi connectivity index (χ4n) is 2.39. The van der Waals surface area contributed by atoms with E-state index in [2.05, 4.69) is 5.32 Å². The van der Waals surface area contributed by atoms with Crippen LogP contribution in [0.4, 0.5) is 0 Å². The molecule has 0 saturated carbocycles. The molecule has 0 aliphatic carbocycles. The molecule has 1 fully saturated rings. The highest BCUT2D eigenvalue weighted by atomic mass is 32.2. The summed E-state index contributed by atoms with van der Waals surface area (Å²) < 4.78 is 23.1. The second-order valence-corrected chi connectivity index (χ2v) is 7.03. The van der Waals surface area contributed by atoms with Gasteiger partial charge in [-0.2, -0.15) is 0 Å². The van der Waals surface area contributed by atoms with Crippen LogP contribution in [-0.2, 0) is 14.6 Å². The van der Waals surface area contributed by atoms with E-state index in [-0.39, 0.29) is 22.3 Å². The average molecular weight is 310 g/mol. The van der Waals surface area contributed by atoms with Crippen molar-refractivity contribution in [1.82, 2.24) is 10.2 Å². The smallest absolute Gasteiger partial charge is 0.254 e. The lowest BCUT2D eigenvalue weighted by molar-refractivity contribution is -0.127. The van der Waals surface area contributed by atoms with E-state index >= 15 is 0 Å². The summed E-state index contributed by atoms with van der Waals surface area (Å²) in [7, 11) is -3.37. The Hall–Kier alpha value is -1.89. The molecular formula is C14H18N2O4S. The minimum atomic E-state index is -3.37. The largest absolute Gasteiger partial charge is 0.353 e. The maximum Gasteiger partial charge on any atom is 0.254 e. The van der Waals surface area contributed by atoms with Gasteiger partial charge < -0.3 is 10.2 Å². The average Bonchev–Trinajstić information content (AvgIpc) is 2.45. The molecule has 1 saturated heterocycles. The van der Waals surface area contributed by atoms with E-state index in [1.165, 1.54) is 23.1 Å². The number of benzene rings is 1. The third-order valence-electron chi connectivity index (χ3n) is 3.49. The van der Waals surface area contributed by atoms with Gasteiger partial charge in [-0.15, -0.1) is 0 Å². The van der Waals surface area contributed by atoms with Gasteiger partial charge in [-0.25, -0.2) is 8.42 Å². The maximum absolute atomic E-state index is 12.5. The number of nitrogens with one attached hydrogen (secondary N) is 1. The summed E-state index contributed by atoms with van der Waals surface area (Å²) in [5.41, 5.74) is 0.283. The lowest BCUT2D eigenvalue weighted by Gasteiger charge is -2.34. The van der Waals surface area contributed by atoms with Gasteiger partial charge >= 0.3 is 0 Å². The molecular weight excluding hydrogens is 292 g/mol. The SMILES string of the molecule is CCC1C(=O)NCCN1C(=O)c1cccc(S(C)(=O)=O)c1. The zero-order chi connectivity index (χ0) is 15.6. The Bertz CT molecular complexity index is 669. The lowest BCUT2D eigenvalue weighted by Crippen LogP contribution is -2.56. The van der Waals surface area contributed by atoms with Crippen LogP contribution in [0.3, 0.4) is 0 Å². The fourth-order valence-corrected chi connectivity index (χ4v) is 3.06. The van der Waals surface area contributed by atoms with Crippen LogP contribution < -0.4 is 5.32 Å². The van der Waals surface area contributed by atoms with Gasteiger partial charge in [0.05, 0.1) is 4.90 Å². The van der Waals surface area contributed by atoms with Crippen LogP contribution in [-0.4, -0.2) is 50.5 Å². The number of nitrogens with zero attached hydrogens (tertiary/aromatic N) is 1. The highest BCUT2D eigenvalue weighted by molar-refractivity contribution is 7.90. The maximum atomic E-state index is 12.5. The second-order valence-electron chi connectivity index (χ2n) is 5.01. The zero-order valence-electron chi connectivity index (χ0n) is 12.0. The number of sulfone groups is 1. The van der Waals surface area contributed by atoms with Gasteiger partial charge in [0.2, 0.25) is 5.91 Å². The summed E-state index contributed by atoms with van der Waals surface area (Å²) in [5.74, 6) is -0.487. The molecule has 1 atom stereocenters. The van der Waals surface area contributed by atoms with Crippen molar-refractivity contribution in [1.29, 1.82) is 0 Å². The summed E-state index contributed by atoms with van der Waals surface area (Å²) in [5, 5.41) is 2.73. The molecule has 2 amide bonds. The van der Waals surface area contributed by atoms with Gasteiger partial charge in [-0.3, -0.25) is 9.59 Å². The highest BCUT2D eigenvalue weighted by Crippen LogP contribution is 2.17. The molecule has 0 bridgehead atoms. The van der Waals surface area contributed by atoms with E-state index in [4.69, 9.17) is 0 Å². The minimum absolute atomic E-state index is 0.0999. The molecule has 1 unspecified atom stereocenters. The van der Waals surface area contributed by atoms with Crippen molar-refractivity contribution in [2.75, 3.05) is 19.3 Å². The number of rotatable bonds is 3. The summed E-state index contributed by atoms with van der Waals surface area (Å²) >= 11 is 0. The van der Waals surface area contributed by atoms with Crippen molar-refractivity contribution < 1.29 is 18.0 Å². The van der Waals surface area contributed by atoms with Crippen LogP contribution in [0.2, 0.25) is 0 Å². The van der Waals surface area contributed by atoms with Gasteiger partial charge in [0, 0.05) is 24.9 Å². The lowest BCUT2D eigenvalue weighted by atomic mass is 10.1. The van der Waals surface area contributed by atoms with Crippen molar-refractivity contribution in [3.8, 4) is 0 Å². The van der Waals surface area contributed by atoms with E-state index in [1.54, 1.807) is 6.07 Å². The van der Waals surface area contributed by atoms with Crippen molar-refractivity contribution in [2.24, 2.45) is 0 Å². The summed E-state index contributed by atoms with van der Waals surface area (Å²) in [4.78, 5) is 25.9. The van der Waals surface area contributed by atoms with Crippen molar-refractivity contribution in [2.45, 2.75) is 24.3 Å². The van der Waals surface area contributed by atoms with Gasteiger partial charge in [0.25, 0.3) is 5.91 Å². The van der Waals surface area contributed by atoms with E-state index in [0.29, 0.717) is 19.5 Å². The molecule has 7 heteroatoms. The molecule has 1 aliphatic rings. The third-order valence-corrected chi connectivity index (χ3v) is 4.60. The first-order chi connectivity index (χ1) is 9.84. The quantitative estimate of drug-likeness (QED) is 0.878. The summed E-state index contributed by atoms with van der Waals surface area (Å²) in [6.07, 6.45) is 1.61. The van der Waals surface area contributed by atoms with Gasteiger partial charge in [0.15, 0.2) is 9.84 Å². The highest BCUT2D eigenvalue weighted by Gasteiger charge is 2.32. The van der Waals surface area contributed by atoms with Crippen LogP contribution >= 0.6 is 0 Å². The fraction of sp³-hybridized carbons (Fsp3) is 0.429. The molecule has 2 rings (SSSR count). The first-order valence-electron chi connectivity index (χ1n) is 6.73. The van der Waals surface area contributed by atoms with Crippen LogP contribution in [0, 0.1) is 0 Å².